The van der Waals surface area contributed by atoms with Crippen molar-refractivity contribution in [1.82, 2.24) is 9.55 Å². The van der Waals surface area contributed by atoms with Gasteiger partial charge in [-0.05, 0) is 50.2 Å². The lowest BCUT2D eigenvalue weighted by Gasteiger charge is -2.16. The van der Waals surface area contributed by atoms with Crippen LogP contribution < -0.4 is 10.3 Å². The summed E-state index contributed by atoms with van der Waals surface area (Å²) in [7, 11) is 0. The Hall–Kier alpha value is -3.19. The fourth-order valence-corrected chi connectivity index (χ4v) is 2.85. The molecular formula is C21H22N2O5. The Balaban J connectivity index is 1.65. The molecule has 0 saturated heterocycles. The topological polar surface area (TPSA) is 90.7 Å². The van der Waals surface area contributed by atoms with Crippen LogP contribution >= 0.6 is 0 Å². The molecule has 0 aliphatic heterocycles. The van der Waals surface area contributed by atoms with Gasteiger partial charge in [0.25, 0.3) is 5.56 Å². The third kappa shape index (κ3) is 4.37. The largest absolute Gasteiger partial charge is 0.491 e. The number of aryl methyl sites for hydroxylation is 1. The number of hydrogen-bond acceptors (Lipinski definition) is 6. The first-order valence-electron chi connectivity index (χ1n) is 9.04. The highest BCUT2D eigenvalue weighted by Crippen LogP contribution is 2.14. The molecule has 1 aromatic heterocycles. The van der Waals surface area contributed by atoms with Gasteiger partial charge >= 0.3 is 5.97 Å². The monoisotopic (exact) mass is 382 g/mol. The molecule has 0 aliphatic carbocycles. The molecule has 1 N–H and O–H groups in total. The van der Waals surface area contributed by atoms with Crippen LogP contribution in [0.3, 0.4) is 0 Å². The van der Waals surface area contributed by atoms with Gasteiger partial charge in [0.05, 0.1) is 29.6 Å². The molecule has 3 rings (SSSR count). The van der Waals surface area contributed by atoms with Gasteiger partial charge in [0.1, 0.15) is 24.3 Å². The molecule has 1 heterocycles. The Morgan fingerprint density at radius 3 is 2.61 bits per heavy atom. The van der Waals surface area contributed by atoms with Crippen LogP contribution in [0.2, 0.25) is 0 Å². The van der Waals surface area contributed by atoms with Crippen LogP contribution in [-0.2, 0) is 11.3 Å². The number of aromatic nitrogens is 2. The maximum atomic E-state index is 12.6. The SMILES string of the molecule is CCOC(=O)c1ccc(OCC(O)Cn2c(C)nc3ccccc3c2=O)cc1. The highest BCUT2D eigenvalue weighted by atomic mass is 16.5. The van der Waals surface area contributed by atoms with E-state index >= 15 is 0 Å². The third-order valence-corrected chi connectivity index (χ3v) is 4.25. The minimum absolute atomic E-state index is 0.00252. The Labute approximate surface area is 162 Å². The molecule has 7 heteroatoms. The molecule has 1 atom stereocenters. The van der Waals surface area contributed by atoms with Gasteiger partial charge in [0, 0.05) is 0 Å². The van der Waals surface area contributed by atoms with Crippen molar-refractivity contribution in [2.45, 2.75) is 26.5 Å². The number of benzene rings is 2. The minimum Gasteiger partial charge on any atom is -0.491 e. The van der Waals surface area contributed by atoms with Gasteiger partial charge in [0.15, 0.2) is 0 Å². The number of esters is 1. The molecule has 0 bridgehead atoms. The predicted octanol–water partition coefficient (Wildman–Crippen LogP) is 2.32. The summed E-state index contributed by atoms with van der Waals surface area (Å²) >= 11 is 0. The quantitative estimate of drug-likeness (QED) is 0.631. The van der Waals surface area contributed by atoms with Crippen LogP contribution in [0.4, 0.5) is 0 Å². The number of carbonyl (C=O) groups excluding carboxylic acids is 1. The van der Waals surface area contributed by atoms with E-state index in [4.69, 9.17) is 9.47 Å². The molecule has 0 spiro atoms. The molecule has 3 aromatic rings. The van der Waals surface area contributed by atoms with E-state index < -0.39 is 12.1 Å². The second kappa shape index (κ2) is 8.67. The van der Waals surface area contributed by atoms with Crippen LogP contribution in [0.25, 0.3) is 10.9 Å². The number of ether oxygens (including phenoxy) is 2. The first-order valence-corrected chi connectivity index (χ1v) is 9.04. The Morgan fingerprint density at radius 2 is 1.89 bits per heavy atom. The van der Waals surface area contributed by atoms with Gasteiger partial charge < -0.3 is 14.6 Å². The summed E-state index contributed by atoms with van der Waals surface area (Å²) in [5.74, 6) is 0.641. The fourth-order valence-electron chi connectivity index (χ4n) is 2.85. The number of nitrogens with zero attached hydrogens (tertiary/aromatic N) is 2. The predicted molar refractivity (Wildman–Crippen MR) is 105 cm³/mol. The van der Waals surface area contributed by atoms with Gasteiger partial charge in [0.2, 0.25) is 0 Å². The van der Waals surface area contributed by atoms with Gasteiger partial charge in [-0.1, -0.05) is 12.1 Å². The van der Waals surface area contributed by atoms with Crippen molar-refractivity contribution in [1.29, 1.82) is 0 Å². The van der Waals surface area contributed by atoms with Crippen LogP contribution in [0, 0.1) is 6.92 Å². The van der Waals surface area contributed by atoms with E-state index in [0.29, 0.717) is 34.6 Å². The summed E-state index contributed by atoms with van der Waals surface area (Å²) in [5.41, 5.74) is 0.869. The van der Waals surface area contributed by atoms with E-state index in [1.165, 1.54) is 4.57 Å². The number of aliphatic hydroxyl groups is 1. The molecular weight excluding hydrogens is 360 g/mol. The summed E-state index contributed by atoms with van der Waals surface area (Å²) in [6.45, 7) is 3.86. The Bertz CT molecular complexity index is 1030. The van der Waals surface area contributed by atoms with E-state index in [-0.39, 0.29) is 18.7 Å². The zero-order valence-corrected chi connectivity index (χ0v) is 15.8. The van der Waals surface area contributed by atoms with Gasteiger partial charge in [-0.25, -0.2) is 9.78 Å². The standard InChI is InChI=1S/C21H22N2O5/c1-3-27-21(26)15-8-10-17(11-9-15)28-13-16(24)12-23-14(2)22-19-7-5-4-6-18(19)20(23)25/h4-11,16,24H,3,12-13H2,1-2H3. The molecule has 0 saturated carbocycles. The van der Waals surface area contributed by atoms with Crippen LogP contribution in [0.1, 0.15) is 23.1 Å². The molecule has 0 fully saturated rings. The van der Waals surface area contributed by atoms with Crippen LogP contribution in [0.15, 0.2) is 53.3 Å². The summed E-state index contributed by atoms with van der Waals surface area (Å²) in [4.78, 5) is 28.7. The highest BCUT2D eigenvalue weighted by Gasteiger charge is 2.13. The van der Waals surface area contributed by atoms with E-state index in [1.54, 1.807) is 56.3 Å². The normalized spacial score (nSPS) is 12.0. The second-order valence-electron chi connectivity index (χ2n) is 6.30. The minimum atomic E-state index is -0.899. The highest BCUT2D eigenvalue weighted by molar-refractivity contribution is 5.89. The zero-order valence-electron chi connectivity index (χ0n) is 15.8. The lowest BCUT2D eigenvalue weighted by molar-refractivity contribution is 0.0526. The summed E-state index contributed by atoms with van der Waals surface area (Å²) < 4.78 is 11.9. The average Bonchev–Trinajstić information content (AvgIpc) is 2.70. The number of para-hydroxylation sites is 1. The molecule has 0 radical (unpaired) electrons. The lowest BCUT2D eigenvalue weighted by atomic mass is 10.2. The second-order valence-corrected chi connectivity index (χ2v) is 6.30. The summed E-state index contributed by atoms with van der Waals surface area (Å²) in [5, 5.41) is 10.8. The molecule has 0 aliphatic rings. The number of fused-ring (bicyclic) bond motifs is 1. The molecule has 7 nitrogen and oxygen atoms in total. The summed E-state index contributed by atoms with van der Waals surface area (Å²) in [6, 6.07) is 13.6. The van der Waals surface area contributed by atoms with Gasteiger partial charge in [-0.3, -0.25) is 9.36 Å². The first-order chi connectivity index (χ1) is 13.5. The van der Waals surface area contributed by atoms with Crippen molar-refractivity contribution in [2.24, 2.45) is 0 Å². The van der Waals surface area contributed by atoms with Crippen molar-refractivity contribution in [3.8, 4) is 5.75 Å². The molecule has 0 amide bonds. The number of hydrogen-bond donors (Lipinski definition) is 1. The van der Waals surface area contributed by atoms with Crippen molar-refractivity contribution in [2.75, 3.05) is 13.2 Å². The average molecular weight is 382 g/mol. The van der Waals surface area contributed by atoms with E-state index in [0.717, 1.165) is 0 Å². The van der Waals surface area contributed by atoms with E-state index in [2.05, 4.69) is 4.98 Å². The Kier molecular flexibility index (Phi) is 6.06. The van der Waals surface area contributed by atoms with Gasteiger partial charge in [-0.2, -0.15) is 0 Å². The number of carbonyl (C=O) groups is 1. The summed E-state index contributed by atoms with van der Waals surface area (Å²) in [6.07, 6.45) is -0.899. The Morgan fingerprint density at radius 1 is 1.18 bits per heavy atom. The lowest BCUT2D eigenvalue weighted by Crippen LogP contribution is -2.32. The maximum absolute atomic E-state index is 12.6. The third-order valence-electron chi connectivity index (χ3n) is 4.25. The molecule has 2 aromatic carbocycles. The molecule has 28 heavy (non-hydrogen) atoms. The van der Waals surface area contributed by atoms with Crippen molar-refractivity contribution < 1.29 is 19.4 Å². The zero-order chi connectivity index (χ0) is 20.1. The maximum Gasteiger partial charge on any atom is 0.338 e. The number of rotatable bonds is 7. The fraction of sp³-hybridized carbons (Fsp3) is 0.286. The number of aliphatic hydroxyl groups excluding tert-OH is 1. The molecule has 1 unspecified atom stereocenters. The smallest absolute Gasteiger partial charge is 0.338 e. The van der Waals surface area contributed by atoms with Crippen LogP contribution in [-0.4, -0.2) is 39.9 Å². The van der Waals surface area contributed by atoms with E-state index in [1.807, 2.05) is 6.07 Å². The first kappa shape index (κ1) is 19.6. The molecule has 146 valence electrons. The van der Waals surface area contributed by atoms with E-state index in [9.17, 15) is 14.7 Å². The van der Waals surface area contributed by atoms with Crippen molar-refractivity contribution in [3.63, 3.8) is 0 Å². The van der Waals surface area contributed by atoms with Crippen molar-refractivity contribution in [3.05, 3.63) is 70.3 Å². The van der Waals surface area contributed by atoms with Crippen LogP contribution in [0.5, 0.6) is 5.75 Å². The van der Waals surface area contributed by atoms with Crippen molar-refractivity contribution >= 4 is 16.9 Å². The van der Waals surface area contributed by atoms with Gasteiger partial charge in [-0.15, -0.1) is 0 Å².